The van der Waals surface area contributed by atoms with Crippen LogP contribution >= 0.6 is 15.9 Å². The third-order valence-corrected chi connectivity index (χ3v) is 6.04. The summed E-state index contributed by atoms with van der Waals surface area (Å²) in [7, 11) is 4.63. The number of anilines is 2. The summed E-state index contributed by atoms with van der Waals surface area (Å²) in [5.41, 5.74) is 0.748. The summed E-state index contributed by atoms with van der Waals surface area (Å²) in [5, 5.41) is 24.1. The average molecular weight is 581 g/mol. The maximum absolute atomic E-state index is 14.3. The van der Waals surface area contributed by atoms with Crippen LogP contribution in [-0.4, -0.2) is 84.2 Å². The van der Waals surface area contributed by atoms with Crippen LogP contribution in [0.15, 0.2) is 41.1 Å². The highest BCUT2D eigenvalue weighted by atomic mass is 79.9. The number of carbonyl (C=O) groups is 1. The molecule has 1 heterocycles. The van der Waals surface area contributed by atoms with Gasteiger partial charge < -0.3 is 34.6 Å². The van der Waals surface area contributed by atoms with Crippen molar-refractivity contribution in [3.8, 4) is 11.5 Å². The van der Waals surface area contributed by atoms with E-state index in [1.54, 1.807) is 38.4 Å². The Hall–Kier alpha value is -3.06. The summed E-state index contributed by atoms with van der Waals surface area (Å²) >= 11 is 3.23. The lowest BCUT2D eigenvalue weighted by molar-refractivity contribution is -0.132. The number of benzene rings is 2. The zero-order valence-corrected chi connectivity index (χ0v) is 22.4. The SMILES string of the molecule is COCCN(C)C(=O)CC(O)CC(O)COc1cc2ncnc(Nc3ccc(Br)cc3F)c2cc1OC. The van der Waals surface area contributed by atoms with Crippen molar-refractivity contribution in [2.24, 2.45) is 0 Å². The number of aromatic nitrogens is 2. The first-order valence-electron chi connectivity index (χ1n) is 11.5. The fourth-order valence-corrected chi connectivity index (χ4v) is 3.85. The van der Waals surface area contributed by atoms with Gasteiger partial charge in [0.25, 0.3) is 0 Å². The number of halogens is 2. The molecule has 0 saturated heterocycles. The zero-order valence-electron chi connectivity index (χ0n) is 20.8. The molecule has 200 valence electrons. The lowest BCUT2D eigenvalue weighted by Crippen LogP contribution is -2.34. The maximum atomic E-state index is 14.3. The predicted octanol–water partition coefficient (Wildman–Crippen LogP) is 3.27. The molecule has 0 aliphatic heterocycles. The molecule has 0 bridgehead atoms. The van der Waals surface area contributed by atoms with Crippen molar-refractivity contribution in [1.82, 2.24) is 14.9 Å². The molecular formula is C25H30BrFN4O6. The normalized spacial score (nSPS) is 12.7. The minimum absolute atomic E-state index is 0.0469. The second-order valence-electron chi connectivity index (χ2n) is 8.36. The lowest BCUT2D eigenvalue weighted by atomic mass is 10.1. The molecule has 3 aromatic rings. The predicted molar refractivity (Wildman–Crippen MR) is 140 cm³/mol. The van der Waals surface area contributed by atoms with Crippen molar-refractivity contribution in [3.63, 3.8) is 0 Å². The van der Waals surface area contributed by atoms with Crippen LogP contribution in [0.2, 0.25) is 0 Å². The van der Waals surface area contributed by atoms with Gasteiger partial charge >= 0.3 is 0 Å². The van der Waals surface area contributed by atoms with Crippen molar-refractivity contribution >= 4 is 44.2 Å². The monoisotopic (exact) mass is 580 g/mol. The number of likely N-dealkylation sites (N-methyl/N-ethyl adjacent to an activating group) is 1. The number of aliphatic hydroxyl groups excluding tert-OH is 2. The summed E-state index contributed by atoms with van der Waals surface area (Å²) in [4.78, 5) is 22.1. The molecule has 0 aliphatic rings. The second kappa shape index (κ2) is 13.5. The molecule has 2 unspecified atom stereocenters. The van der Waals surface area contributed by atoms with Crippen LogP contribution in [0.4, 0.5) is 15.9 Å². The fourth-order valence-electron chi connectivity index (χ4n) is 3.52. The van der Waals surface area contributed by atoms with E-state index < -0.39 is 18.0 Å². The minimum atomic E-state index is -1.03. The Morgan fingerprint density at radius 2 is 1.95 bits per heavy atom. The van der Waals surface area contributed by atoms with E-state index in [0.717, 1.165) is 0 Å². The molecule has 1 amide bonds. The van der Waals surface area contributed by atoms with E-state index in [4.69, 9.17) is 14.2 Å². The van der Waals surface area contributed by atoms with E-state index in [1.807, 2.05) is 0 Å². The molecular weight excluding hydrogens is 551 g/mol. The van der Waals surface area contributed by atoms with Gasteiger partial charge in [-0.3, -0.25) is 4.79 Å². The standard InChI is InChI=1S/C25H30BrFN4O6/c1-31(6-7-35-2)24(34)10-16(32)9-17(33)13-37-23-12-21-18(11-22(23)36-3)25(29-14-28-21)30-20-5-4-15(26)8-19(20)27/h4-5,8,11-12,14,16-17,32-33H,6-7,9-10,13H2,1-3H3,(H,28,29,30). The van der Waals surface area contributed by atoms with Gasteiger partial charge in [-0.05, 0) is 24.3 Å². The molecule has 3 rings (SSSR count). The fraction of sp³-hybridized carbons (Fsp3) is 0.400. The molecule has 2 aromatic carbocycles. The van der Waals surface area contributed by atoms with Crippen LogP contribution in [0.25, 0.3) is 10.9 Å². The molecule has 0 saturated carbocycles. The summed E-state index contributed by atoms with van der Waals surface area (Å²) in [6.45, 7) is 0.660. The van der Waals surface area contributed by atoms with E-state index in [2.05, 4.69) is 31.2 Å². The number of fused-ring (bicyclic) bond motifs is 1. The molecule has 3 N–H and O–H groups in total. The Balaban J connectivity index is 1.66. The van der Waals surface area contributed by atoms with Gasteiger partial charge in [0.2, 0.25) is 5.91 Å². The van der Waals surface area contributed by atoms with Gasteiger partial charge in [0.05, 0.1) is 43.5 Å². The number of hydrogen-bond donors (Lipinski definition) is 3. The molecule has 0 spiro atoms. The zero-order chi connectivity index (χ0) is 26.9. The van der Waals surface area contributed by atoms with Crippen molar-refractivity contribution in [2.75, 3.05) is 46.3 Å². The number of rotatable bonds is 13. The number of aliphatic hydroxyl groups is 2. The number of hydrogen-bond acceptors (Lipinski definition) is 9. The third-order valence-electron chi connectivity index (χ3n) is 5.55. The van der Waals surface area contributed by atoms with Crippen LogP contribution in [0.1, 0.15) is 12.8 Å². The number of nitrogens with one attached hydrogen (secondary N) is 1. The van der Waals surface area contributed by atoms with Crippen LogP contribution in [0, 0.1) is 5.82 Å². The topological polar surface area (TPSA) is 126 Å². The Labute approximate surface area is 222 Å². The van der Waals surface area contributed by atoms with Gasteiger partial charge in [-0.15, -0.1) is 0 Å². The van der Waals surface area contributed by atoms with Crippen LogP contribution in [0.5, 0.6) is 11.5 Å². The quantitative estimate of drug-likeness (QED) is 0.279. The summed E-state index contributed by atoms with van der Waals surface area (Å²) in [6.07, 6.45) is -0.897. The molecule has 1 aromatic heterocycles. The summed E-state index contributed by atoms with van der Waals surface area (Å²) < 4.78 is 31.1. The van der Waals surface area contributed by atoms with Crippen molar-refractivity contribution in [3.05, 3.63) is 46.9 Å². The average Bonchev–Trinajstić information content (AvgIpc) is 2.87. The summed E-state index contributed by atoms with van der Waals surface area (Å²) in [6, 6.07) is 7.91. The number of methoxy groups -OCH3 is 2. The Morgan fingerprint density at radius 3 is 2.65 bits per heavy atom. The largest absolute Gasteiger partial charge is 0.493 e. The van der Waals surface area contributed by atoms with Gasteiger partial charge in [0.15, 0.2) is 11.5 Å². The van der Waals surface area contributed by atoms with Gasteiger partial charge in [-0.1, -0.05) is 15.9 Å². The number of ether oxygens (including phenoxy) is 3. The lowest BCUT2D eigenvalue weighted by Gasteiger charge is -2.20. The molecule has 0 aliphatic carbocycles. The molecule has 12 heteroatoms. The Bertz CT molecular complexity index is 1220. The number of nitrogens with zero attached hydrogens (tertiary/aromatic N) is 3. The van der Waals surface area contributed by atoms with Crippen molar-refractivity contribution in [2.45, 2.75) is 25.0 Å². The second-order valence-corrected chi connectivity index (χ2v) is 9.27. The van der Waals surface area contributed by atoms with Gasteiger partial charge in [0.1, 0.15) is 24.6 Å². The van der Waals surface area contributed by atoms with Crippen LogP contribution in [-0.2, 0) is 9.53 Å². The molecule has 2 atom stereocenters. The first-order valence-corrected chi connectivity index (χ1v) is 12.3. The highest BCUT2D eigenvalue weighted by molar-refractivity contribution is 9.10. The molecule has 0 radical (unpaired) electrons. The van der Waals surface area contributed by atoms with Crippen LogP contribution in [0.3, 0.4) is 0 Å². The number of amides is 1. The summed E-state index contributed by atoms with van der Waals surface area (Å²) in [5.74, 6) is 0.343. The van der Waals surface area contributed by atoms with E-state index >= 15 is 0 Å². The molecule has 37 heavy (non-hydrogen) atoms. The van der Waals surface area contributed by atoms with Crippen molar-refractivity contribution < 1.29 is 33.6 Å². The molecule has 10 nitrogen and oxygen atoms in total. The van der Waals surface area contributed by atoms with Gasteiger partial charge in [0, 0.05) is 43.0 Å². The minimum Gasteiger partial charge on any atom is -0.493 e. The number of carbonyl (C=O) groups excluding carboxylic acids is 1. The van der Waals surface area contributed by atoms with Crippen molar-refractivity contribution in [1.29, 1.82) is 0 Å². The van der Waals surface area contributed by atoms with E-state index in [-0.39, 0.29) is 31.0 Å². The highest BCUT2D eigenvalue weighted by Gasteiger charge is 2.20. The smallest absolute Gasteiger partial charge is 0.224 e. The first kappa shape index (κ1) is 28.5. The highest BCUT2D eigenvalue weighted by Crippen LogP contribution is 2.35. The van der Waals surface area contributed by atoms with Gasteiger partial charge in [-0.2, -0.15) is 0 Å². The maximum Gasteiger partial charge on any atom is 0.224 e. The molecule has 0 fully saturated rings. The van der Waals surface area contributed by atoms with E-state index in [1.165, 1.54) is 24.4 Å². The van der Waals surface area contributed by atoms with E-state index in [0.29, 0.717) is 45.8 Å². The van der Waals surface area contributed by atoms with Crippen LogP contribution < -0.4 is 14.8 Å². The Kier molecular flexibility index (Phi) is 10.4. The van der Waals surface area contributed by atoms with E-state index in [9.17, 15) is 19.4 Å². The van der Waals surface area contributed by atoms with Gasteiger partial charge in [-0.25, -0.2) is 14.4 Å². The Morgan fingerprint density at radius 1 is 1.16 bits per heavy atom. The third kappa shape index (κ3) is 7.96. The first-order chi connectivity index (χ1) is 17.7.